The van der Waals surface area contributed by atoms with Gasteiger partial charge >= 0.3 is 5.97 Å². The third-order valence-electron chi connectivity index (χ3n) is 4.02. The summed E-state index contributed by atoms with van der Waals surface area (Å²) in [4.78, 5) is 13.6. The summed E-state index contributed by atoms with van der Waals surface area (Å²) in [5, 5.41) is 0. The van der Waals surface area contributed by atoms with Crippen LogP contribution in [-0.2, 0) is 17.9 Å². The van der Waals surface area contributed by atoms with E-state index in [-0.39, 0.29) is 0 Å². The Morgan fingerprint density at radius 2 is 1.31 bits per heavy atom. The summed E-state index contributed by atoms with van der Waals surface area (Å²) in [5.41, 5.74) is 3.55. The van der Waals surface area contributed by atoms with Gasteiger partial charge in [0, 0.05) is 24.9 Å². The number of ether oxygens (including phenoxy) is 1. The highest BCUT2D eigenvalue weighted by Gasteiger charge is 2.09. The Kier molecular flexibility index (Phi) is 5.84. The first-order valence-electron chi connectivity index (χ1n) is 8.52. The molecule has 0 unspecified atom stereocenters. The Labute approximate surface area is 154 Å². The summed E-state index contributed by atoms with van der Waals surface area (Å²) < 4.78 is 5.16. The molecule has 3 aromatic rings. The Bertz CT molecular complexity index is 801. The van der Waals surface area contributed by atoms with Gasteiger partial charge < -0.3 is 9.64 Å². The first-order chi connectivity index (χ1) is 12.7. The number of hydrogen-bond acceptors (Lipinski definition) is 3. The van der Waals surface area contributed by atoms with Crippen molar-refractivity contribution in [1.82, 2.24) is 0 Å². The van der Waals surface area contributed by atoms with Crippen molar-refractivity contribution in [2.24, 2.45) is 0 Å². The first-order valence-corrected chi connectivity index (χ1v) is 8.52. The summed E-state index contributed by atoms with van der Waals surface area (Å²) in [6.07, 6.45) is 1.16. The SMILES string of the molecule is C=CC(=O)Oc1ccc(N(Cc2ccccc2)Cc2ccccc2)cc1. The number of benzene rings is 3. The number of nitrogens with zero attached hydrogens (tertiary/aromatic N) is 1. The predicted molar refractivity (Wildman–Crippen MR) is 105 cm³/mol. The molecule has 0 aliphatic carbocycles. The second-order valence-corrected chi connectivity index (χ2v) is 5.95. The van der Waals surface area contributed by atoms with Gasteiger partial charge in [0.1, 0.15) is 5.75 Å². The van der Waals surface area contributed by atoms with Crippen molar-refractivity contribution in [3.8, 4) is 5.75 Å². The van der Waals surface area contributed by atoms with Crippen molar-refractivity contribution in [3.63, 3.8) is 0 Å². The zero-order chi connectivity index (χ0) is 18.2. The van der Waals surface area contributed by atoms with Crippen molar-refractivity contribution in [3.05, 3.63) is 109 Å². The topological polar surface area (TPSA) is 29.5 Å². The molecular formula is C23H21NO2. The van der Waals surface area contributed by atoms with Crippen LogP contribution < -0.4 is 9.64 Å². The molecule has 0 bridgehead atoms. The standard InChI is InChI=1S/C23H21NO2/c1-2-23(25)26-22-15-13-21(14-16-22)24(17-19-9-5-3-6-10-19)18-20-11-7-4-8-12-20/h2-16H,1,17-18H2. The normalized spacial score (nSPS) is 10.2. The molecule has 3 heteroatoms. The molecule has 0 saturated carbocycles. The molecule has 3 nitrogen and oxygen atoms in total. The molecule has 26 heavy (non-hydrogen) atoms. The minimum Gasteiger partial charge on any atom is -0.423 e. The highest BCUT2D eigenvalue weighted by molar-refractivity contribution is 5.83. The smallest absolute Gasteiger partial charge is 0.335 e. The maximum Gasteiger partial charge on any atom is 0.335 e. The molecule has 0 radical (unpaired) electrons. The largest absolute Gasteiger partial charge is 0.423 e. The fraction of sp³-hybridized carbons (Fsp3) is 0.0870. The molecular weight excluding hydrogens is 322 g/mol. The zero-order valence-electron chi connectivity index (χ0n) is 14.5. The fourth-order valence-corrected chi connectivity index (χ4v) is 2.73. The van der Waals surface area contributed by atoms with Crippen LogP contribution in [0.4, 0.5) is 5.69 Å². The number of esters is 1. The van der Waals surface area contributed by atoms with Gasteiger partial charge in [0.25, 0.3) is 0 Å². The molecule has 0 atom stereocenters. The summed E-state index contributed by atoms with van der Waals surface area (Å²) >= 11 is 0. The number of anilines is 1. The van der Waals surface area contributed by atoms with Crippen molar-refractivity contribution in [2.45, 2.75) is 13.1 Å². The first kappa shape index (κ1) is 17.5. The molecule has 0 aliphatic heterocycles. The van der Waals surface area contributed by atoms with Gasteiger partial charge in [-0.25, -0.2) is 4.79 Å². The number of rotatable bonds is 7. The Morgan fingerprint density at radius 3 is 1.77 bits per heavy atom. The average Bonchev–Trinajstić information content (AvgIpc) is 2.69. The van der Waals surface area contributed by atoms with Crippen molar-refractivity contribution in [2.75, 3.05) is 4.90 Å². The molecule has 0 N–H and O–H groups in total. The summed E-state index contributed by atoms with van der Waals surface area (Å²) in [6, 6.07) is 28.3. The van der Waals surface area contributed by atoms with Gasteiger partial charge in [-0.1, -0.05) is 67.2 Å². The minimum atomic E-state index is -0.455. The van der Waals surface area contributed by atoms with Gasteiger partial charge in [0.05, 0.1) is 0 Å². The van der Waals surface area contributed by atoms with Gasteiger partial charge in [0.2, 0.25) is 0 Å². The molecule has 0 amide bonds. The molecule has 0 saturated heterocycles. The molecule has 3 rings (SSSR count). The van der Waals surface area contributed by atoms with Crippen LogP contribution in [0.2, 0.25) is 0 Å². The number of hydrogen-bond donors (Lipinski definition) is 0. The fourth-order valence-electron chi connectivity index (χ4n) is 2.73. The van der Waals surface area contributed by atoms with E-state index in [9.17, 15) is 4.79 Å². The van der Waals surface area contributed by atoms with Crippen LogP contribution in [0.15, 0.2) is 97.6 Å². The number of carbonyl (C=O) groups excluding carboxylic acids is 1. The second kappa shape index (κ2) is 8.67. The van der Waals surface area contributed by atoms with Gasteiger partial charge in [-0.15, -0.1) is 0 Å². The lowest BCUT2D eigenvalue weighted by molar-refractivity contribution is -0.128. The second-order valence-electron chi connectivity index (χ2n) is 5.95. The Hall–Kier alpha value is -3.33. The molecule has 0 heterocycles. The Morgan fingerprint density at radius 1 is 0.808 bits per heavy atom. The van der Waals surface area contributed by atoms with E-state index >= 15 is 0 Å². The van der Waals surface area contributed by atoms with E-state index in [0.29, 0.717) is 5.75 Å². The molecule has 130 valence electrons. The van der Waals surface area contributed by atoms with Crippen LogP contribution >= 0.6 is 0 Å². The molecule has 3 aromatic carbocycles. The van der Waals surface area contributed by atoms with E-state index in [2.05, 4.69) is 35.7 Å². The maximum atomic E-state index is 11.3. The van der Waals surface area contributed by atoms with Crippen LogP contribution in [0.1, 0.15) is 11.1 Å². The summed E-state index contributed by atoms with van der Waals surface area (Å²) in [6.45, 7) is 5.00. The van der Waals surface area contributed by atoms with E-state index in [4.69, 9.17) is 4.74 Å². The van der Waals surface area contributed by atoms with Gasteiger partial charge in [-0.3, -0.25) is 0 Å². The number of carbonyl (C=O) groups is 1. The maximum absolute atomic E-state index is 11.3. The van der Waals surface area contributed by atoms with E-state index in [0.717, 1.165) is 24.9 Å². The lowest BCUT2D eigenvalue weighted by atomic mass is 10.1. The van der Waals surface area contributed by atoms with Crippen LogP contribution in [-0.4, -0.2) is 5.97 Å². The minimum absolute atomic E-state index is 0.455. The summed E-state index contributed by atoms with van der Waals surface area (Å²) in [7, 11) is 0. The van der Waals surface area contributed by atoms with E-state index in [1.165, 1.54) is 11.1 Å². The van der Waals surface area contributed by atoms with Gasteiger partial charge in [-0.05, 0) is 35.4 Å². The van der Waals surface area contributed by atoms with Crippen molar-refractivity contribution in [1.29, 1.82) is 0 Å². The summed E-state index contributed by atoms with van der Waals surface area (Å²) in [5.74, 6) is 0.0567. The third-order valence-corrected chi connectivity index (χ3v) is 4.02. The Balaban J connectivity index is 1.82. The van der Waals surface area contributed by atoms with Gasteiger partial charge in [0.15, 0.2) is 0 Å². The quantitative estimate of drug-likeness (QED) is 0.344. The van der Waals surface area contributed by atoms with Crippen LogP contribution in [0.5, 0.6) is 5.75 Å². The van der Waals surface area contributed by atoms with E-state index < -0.39 is 5.97 Å². The monoisotopic (exact) mass is 343 g/mol. The van der Waals surface area contributed by atoms with Crippen LogP contribution in [0.25, 0.3) is 0 Å². The third kappa shape index (κ3) is 4.84. The highest BCUT2D eigenvalue weighted by atomic mass is 16.5. The van der Waals surface area contributed by atoms with Gasteiger partial charge in [-0.2, -0.15) is 0 Å². The predicted octanol–water partition coefficient (Wildman–Crippen LogP) is 4.98. The highest BCUT2D eigenvalue weighted by Crippen LogP contribution is 2.23. The van der Waals surface area contributed by atoms with Crippen LogP contribution in [0.3, 0.4) is 0 Å². The molecule has 0 spiro atoms. The molecule has 0 aliphatic rings. The van der Waals surface area contributed by atoms with Crippen molar-refractivity contribution >= 4 is 11.7 Å². The molecule has 0 fully saturated rings. The lowest BCUT2D eigenvalue weighted by Gasteiger charge is -2.25. The van der Waals surface area contributed by atoms with E-state index in [1.807, 2.05) is 48.5 Å². The average molecular weight is 343 g/mol. The zero-order valence-corrected chi connectivity index (χ0v) is 14.5. The lowest BCUT2D eigenvalue weighted by Crippen LogP contribution is -2.22. The van der Waals surface area contributed by atoms with Crippen LogP contribution in [0, 0.1) is 0 Å². The van der Waals surface area contributed by atoms with Crippen molar-refractivity contribution < 1.29 is 9.53 Å². The molecule has 0 aromatic heterocycles. The van der Waals surface area contributed by atoms with E-state index in [1.54, 1.807) is 12.1 Å².